The molecule has 0 saturated carbocycles. The molecule has 0 aromatic rings. The van der Waals surface area contributed by atoms with Crippen LogP contribution in [-0.2, 0) is 4.79 Å². The van der Waals surface area contributed by atoms with Gasteiger partial charge in [0, 0.05) is 18.9 Å². The van der Waals surface area contributed by atoms with Crippen LogP contribution in [0.5, 0.6) is 0 Å². The molecule has 4 nitrogen and oxygen atoms in total. The number of rotatable bonds is 4. The lowest BCUT2D eigenvalue weighted by atomic mass is 9.96. The van der Waals surface area contributed by atoms with Gasteiger partial charge < -0.3 is 16.4 Å². The minimum absolute atomic E-state index is 0.0658. The molecule has 14 heavy (non-hydrogen) atoms. The van der Waals surface area contributed by atoms with E-state index < -0.39 is 0 Å². The first-order chi connectivity index (χ1) is 6.59. The van der Waals surface area contributed by atoms with Crippen LogP contribution < -0.4 is 11.5 Å². The average molecular weight is 215 g/mol. The second-order valence-electron chi connectivity index (χ2n) is 3.73. The van der Waals surface area contributed by atoms with Crippen LogP contribution in [0.3, 0.4) is 0 Å². The van der Waals surface area contributed by atoms with E-state index in [4.69, 9.17) is 23.7 Å². The molecule has 0 atom stereocenters. The number of thiocarbonyl (C=S) groups is 1. The van der Waals surface area contributed by atoms with Crippen molar-refractivity contribution < 1.29 is 4.79 Å². The van der Waals surface area contributed by atoms with Gasteiger partial charge in [0.05, 0.1) is 4.99 Å². The SMILES string of the molecule is NC(=O)C1CCN(CCC(N)=S)CC1. The highest BCUT2D eigenvalue weighted by atomic mass is 32.1. The first kappa shape index (κ1) is 11.4. The van der Waals surface area contributed by atoms with E-state index in [2.05, 4.69) is 4.90 Å². The maximum Gasteiger partial charge on any atom is 0.220 e. The molecule has 1 aliphatic rings. The van der Waals surface area contributed by atoms with Gasteiger partial charge in [0.15, 0.2) is 0 Å². The molecule has 1 heterocycles. The molecule has 5 heteroatoms. The summed E-state index contributed by atoms with van der Waals surface area (Å²) < 4.78 is 0. The zero-order chi connectivity index (χ0) is 10.6. The third kappa shape index (κ3) is 3.59. The molecule has 1 amide bonds. The van der Waals surface area contributed by atoms with E-state index in [-0.39, 0.29) is 11.8 Å². The molecule has 0 aromatic heterocycles. The Morgan fingerprint density at radius 3 is 2.36 bits per heavy atom. The Hall–Kier alpha value is -0.680. The lowest BCUT2D eigenvalue weighted by molar-refractivity contribution is -0.123. The van der Waals surface area contributed by atoms with E-state index in [0.717, 1.165) is 38.9 Å². The topological polar surface area (TPSA) is 72.4 Å². The lowest BCUT2D eigenvalue weighted by Crippen LogP contribution is -2.39. The Kier molecular flexibility index (Phi) is 4.28. The molecule has 4 N–H and O–H groups in total. The van der Waals surface area contributed by atoms with E-state index in [9.17, 15) is 4.79 Å². The number of piperidine rings is 1. The molecular formula is C9H17N3OS. The van der Waals surface area contributed by atoms with Crippen LogP contribution in [0.2, 0.25) is 0 Å². The van der Waals surface area contributed by atoms with Gasteiger partial charge >= 0.3 is 0 Å². The van der Waals surface area contributed by atoms with Crippen LogP contribution in [0, 0.1) is 5.92 Å². The normalized spacial score (nSPS) is 19.4. The molecule has 1 rings (SSSR count). The van der Waals surface area contributed by atoms with Crippen molar-refractivity contribution in [2.45, 2.75) is 19.3 Å². The number of carbonyl (C=O) groups excluding carboxylic acids is 1. The Balaban J connectivity index is 2.22. The van der Waals surface area contributed by atoms with Crippen LogP contribution in [-0.4, -0.2) is 35.4 Å². The molecule has 0 bridgehead atoms. The van der Waals surface area contributed by atoms with Crippen molar-refractivity contribution in [3.63, 3.8) is 0 Å². The van der Waals surface area contributed by atoms with Crippen LogP contribution in [0.4, 0.5) is 0 Å². The summed E-state index contributed by atoms with van der Waals surface area (Å²) in [6.45, 7) is 2.76. The van der Waals surface area contributed by atoms with Crippen LogP contribution in [0.1, 0.15) is 19.3 Å². The van der Waals surface area contributed by atoms with Gasteiger partial charge in [-0.25, -0.2) is 0 Å². The Morgan fingerprint density at radius 1 is 1.36 bits per heavy atom. The minimum Gasteiger partial charge on any atom is -0.393 e. The van der Waals surface area contributed by atoms with Crippen molar-refractivity contribution in [3.05, 3.63) is 0 Å². The maximum absolute atomic E-state index is 10.9. The second kappa shape index (κ2) is 5.26. The molecular weight excluding hydrogens is 198 g/mol. The van der Waals surface area contributed by atoms with Crippen molar-refractivity contribution in [2.75, 3.05) is 19.6 Å². The van der Waals surface area contributed by atoms with Crippen molar-refractivity contribution in [2.24, 2.45) is 17.4 Å². The standard InChI is InChI=1S/C9H17N3OS/c10-8(14)3-6-12-4-1-7(2-5-12)9(11)13/h7H,1-6H2,(H2,10,14)(H2,11,13). The number of hydrogen-bond acceptors (Lipinski definition) is 3. The van der Waals surface area contributed by atoms with E-state index in [1.54, 1.807) is 0 Å². The summed E-state index contributed by atoms with van der Waals surface area (Å²) >= 11 is 4.81. The molecule has 0 aliphatic carbocycles. The van der Waals surface area contributed by atoms with Gasteiger partial charge in [0.1, 0.15) is 0 Å². The summed E-state index contributed by atoms with van der Waals surface area (Å²) in [7, 11) is 0. The largest absolute Gasteiger partial charge is 0.393 e. The van der Waals surface area contributed by atoms with Crippen LogP contribution in [0.15, 0.2) is 0 Å². The molecule has 0 unspecified atom stereocenters. The van der Waals surface area contributed by atoms with Crippen molar-refractivity contribution in [1.29, 1.82) is 0 Å². The number of nitrogens with zero attached hydrogens (tertiary/aromatic N) is 1. The van der Waals surface area contributed by atoms with Gasteiger partial charge in [-0.1, -0.05) is 12.2 Å². The van der Waals surface area contributed by atoms with Gasteiger partial charge in [-0.3, -0.25) is 4.79 Å². The predicted molar refractivity (Wildman–Crippen MR) is 59.8 cm³/mol. The number of amides is 1. The van der Waals surface area contributed by atoms with Crippen LogP contribution in [0.25, 0.3) is 0 Å². The lowest BCUT2D eigenvalue weighted by Gasteiger charge is -2.30. The maximum atomic E-state index is 10.9. The number of likely N-dealkylation sites (tertiary alicyclic amines) is 1. The van der Waals surface area contributed by atoms with E-state index in [1.807, 2.05) is 0 Å². The van der Waals surface area contributed by atoms with Gasteiger partial charge in [-0.15, -0.1) is 0 Å². The zero-order valence-electron chi connectivity index (χ0n) is 8.24. The number of carbonyl (C=O) groups is 1. The summed E-state index contributed by atoms with van der Waals surface area (Å²) in [5, 5.41) is 0. The first-order valence-corrected chi connectivity index (χ1v) is 5.30. The van der Waals surface area contributed by atoms with Crippen LogP contribution >= 0.6 is 12.2 Å². The van der Waals surface area contributed by atoms with Gasteiger partial charge in [-0.2, -0.15) is 0 Å². The fourth-order valence-electron chi connectivity index (χ4n) is 1.71. The number of primary amides is 1. The Labute approximate surface area is 89.6 Å². The second-order valence-corrected chi connectivity index (χ2v) is 4.26. The van der Waals surface area contributed by atoms with E-state index >= 15 is 0 Å². The highest BCUT2D eigenvalue weighted by Gasteiger charge is 2.22. The molecule has 1 fully saturated rings. The Bertz CT molecular complexity index is 224. The van der Waals surface area contributed by atoms with Gasteiger partial charge in [0.25, 0.3) is 0 Å². The van der Waals surface area contributed by atoms with Crippen molar-refractivity contribution in [1.82, 2.24) is 4.90 Å². The highest BCUT2D eigenvalue weighted by Crippen LogP contribution is 2.16. The molecule has 0 aromatic carbocycles. The monoisotopic (exact) mass is 215 g/mol. The minimum atomic E-state index is -0.168. The molecule has 1 saturated heterocycles. The average Bonchev–Trinajstić information content (AvgIpc) is 2.15. The fourth-order valence-corrected chi connectivity index (χ4v) is 1.80. The molecule has 1 aliphatic heterocycles. The summed E-state index contributed by atoms with van der Waals surface area (Å²) in [6, 6.07) is 0. The fraction of sp³-hybridized carbons (Fsp3) is 0.778. The third-order valence-corrected chi connectivity index (χ3v) is 2.87. The van der Waals surface area contributed by atoms with Crippen molar-refractivity contribution in [3.8, 4) is 0 Å². The summed E-state index contributed by atoms with van der Waals surface area (Å²) in [4.78, 5) is 13.7. The van der Waals surface area contributed by atoms with Crippen molar-refractivity contribution >= 4 is 23.1 Å². The molecule has 80 valence electrons. The smallest absolute Gasteiger partial charge is 0.220 e. The predicted octanol–water partition coefficient (Wildman–Crippen LogP) is -0.140. The zero-order valence-corrected chi connectivity index (χ0v) is 9.05. The Morgan fingerprint density at radius 2 is 1.93 bits per heavy atom. The third-order valence-electron chi connectivity index (χ3n) is 2.66. The van der Waals surface area contributed by atoms with E-state index in [1.165, 1.54) is 0 Å². The summed E-state index contributed by atoms with van der Waals surface area (Å²) in [5.41, 5.74) is 10.7. The quantitative estimate of drug-likeness (QED) is 0.640. The van der Waals surface area contributed by atoms with Gasteiger partial charge in [0.2, 0.25) is 5.91 Å². The first-order valence-electron chi connectivity index (χ1n) is 4.89. The summed E-state index contributed by atoms with van der Waals surface area (Å²) in [6.07, 6.45) is 2.50. The van der Waals surface area contributed by atoms with Gasteiger partial charge in [-0.05, 0) is 25.9 Å². The number of hydrogen-bond donors (Lipinski definition) is 2. The van der Waals surface area contributed by atoms with E-state index in [0.29, 0.717) is 4.99 Å². The molecule has 0 radical (unpaired) electrons. The summed E-state index contributed by atoms with van der Waals surface area (Å²) in [5.74, 6) is -0.102. The molecule has 0 spiro atoms. The number of nitrogens with two attached hydrogens (primary N) is 2. The highest BCUT2D eigenvalue weighted by molar-refractivity contribution is 7.80.